The first-order valence-corrected chi connectivity index (χ1v) is 4.28. The van der Waals surface area contributed by atoms with Crippen molar-refractivity contribution in [2.75, 3.05) is 25.9 Å². The highest BCUT2D eigenvalue weighted by molar-refractivity contribution is 8.00. The van der Waals surface area contributed by atoms with Gasteiger partial charge in [0.05, 0.1) is 0 Å². The van der Waals surface area contributed by atoms with E-state index in [1.807, 2.05) is 7.05 Å². The fourth-order valence-electron chi connectivity index (χ4n) is 0.927. The van der Waals surface area contributed by atoms with Crippen LogP contribution >= 0.6 is 11.8 Å². The molecular formula is C6H11NO2S. The molecular weight excluding hydrogens is 150 g/mol. The maximum atomic E-state index is 10.5. The van der Waals surface area contributed by atoms with E-state index in [2.05, 4.69) is 4.90 Å². The molecule has 0 aromatic rings. The van der Waals surface area contributed by atoms with Crippen molar-refractivity contribution < 1.29 is 9.90 Å². The van der Waals surface area contributed by atoms with Crippen LogP contribution in [-0.4, -0.2) is 47.1 Å². The van der Waals surface area contributed by atoms with E-state index < -0.39 is 5.97 Å². The fraction of sp³-hybridized carbons (Fsp3) is 0.833. The van der Waals surface area contributed by atoms with E-state index in [4.69, 9.17) is 5.11 Å². The van der Waals surface area contributed by atoms with Crippen molar-refractivity contribution in [1.29, 1.82) is 0 Å². The summed E-state index contributed by atoms with van der Waals surface area (Å²) in [4.78, 5) is 12.5. The molecule has 1 atom stereocenters. The molecule has 58 valence electrons. The zero-order valence-corrected chi connectivity index (χ0v) is 6.73. The van der Waals surface area contributed by atoms with Crippen LogP contribution in [0.1, 0.15) is 0 Å². The quantitative estimate of drug-likeness (QED) is 0.593. The van der Waals surface area contributed by atoms with Crippen molar-refractivity contribution in [3.8, 4) is 0 Å². The zero-order chi connectivity index (χ0) is 7.56. The van der Waals surface area contributed by atoms with Crippen LogP contribution < -0.4 is 0 Å². The van der Waals surface area contributed by atoms with Crippen LogP contribution in [0.5, 0.6) is 0 Å². The molecule has 1 aliphatic heterocycles. The molecule has 0 aromatic heterocycles. The monoisotopic (exact) mass is 161 g/mol. The van der Waals surface area contributed by atoms with E-state index in [9.17, 15) is 4.79 Å². The molecule has 1 rings (SSSR count). The van der Waals surface area contributed by atoms with E-state index in [-0.39, 0.29) is 5.25 Å². The first-order valence-electron chi connectivity index (χ1n) is 3.23. The topological polar surface area (TPSA) is 40.5 Å². The summed E-state index contributed by atoms with van der Waals surface area (Å²) < 4.78 is 0. The Bertz CT molecular complexity index is 140. The average Bonchev–Trinajstić information content (AvgIpc) is 1.88. The minimum atomic E-state index is -0.684. The largest absolute Gasteiger partial charge is 0.480 e. The second-order valence-corrected chi connectivity index (χ2v) is 3.77. The first-order chi connectivity index (χ1) is 4.70. The van der Waals surface area contributed by atoms with E-state index >= 15 is 0 Å². The summed E-state index contributed by atoms with van der Waals surface area (Å²) >= 11 is 1.53. The molecule has 3 nitrogen and oxygen atoms in total. The van der Waals surface area contributed by atoms with Gasteiger partial charge in [0.1, 0.15) is 5.25 Å². The standard InChI is InChI=1S/C6H11NO2S/c1-7-2-3-10-5(4-7)6(8)9/h5H,2-4H2,1H3,(H,8,9)/t5-/m1/s1. The van der Waals surface area contributed by atoms with E-state index in [0.717, 1.165) is 12.3 Å². The van der Waals surface area contributed by atoms with E-state index in [1.165, 1.54) is 11.8 Å². The minimum Gasteiger partial charge on any atom is -0.480 e. The third-order valence-electron chi connectivity index (χ3n) is 1.54. The molecule has 0 saturated carbocycles. The van der Waals surface area contributed by atoms with Gasteiger partial charge < -0.3 is 10.0 Å². The molecule has 0 spiro atoms. The zero-order valence-electron chi connectivity index (χ0n) is 5.91. The molecule has 0 aliphatic carbocycles. The third-order valence-corrected chi connectivity index (χ3v) is 2.72. The number of hydrogen-bond acceptors (Lipinski definition) is 3. The lowest BCUT2D eigenvalue weighted by molar-refractivity contribution is -0.136. The molecule has 0 unspecified atom stereocenters. The molecule has 0 amide bonds. The number of hydrogen-bond donors (Lipinski definition) is 1. The minimum absolute atomic E-state index is 0.209. The number of carboxylic acids is 1. The number of carbonyl (C=O) groups is 1. The van der Waals surface area contributed by atoms with Gasteiger partial charge in [-0.1, -0.05) is 0 Å². The molecule has 4 heteroatoms. The number of carboxylic acid groups (broad SMARTS) is 1. The van der Waals surface area contributed by atoms with Crippen LogP contribution in [0.4, 0.5) is 0 Å². The second kappa shape index (κ2) is 3.25. The smallest absolute Gasteiger partial charge is 0.317 e. The lowest BCUT2D eigenvalue weighted by Crippen LogP contribution is -2.38. The van der Waals surface area contributed by atoms with Gasteiger partial charge >= 0.3 is 5.97 Å². The van der Waals surface area contributed by atoms with Gasteiger partial charge in [0.15, 0.2) is 0 Å². The van der Waals surface area contributed by atoms with Gasteiger partial charge in [-0.15, -0.1) is 11.8 Å². The summed E-state index contributed by atoms with van der Waals surface area (Å²) in [6.07, 6.45) is 0. The van der Waals surface area contributed by atoms with Crippen molar-refractivity contribution in [1.82, 2.24) is 4.90 Å². The Morgan fingerprint density at radius 2 is 2.50 bits per heavy atom. The number of thioether (sulfide) groups is 1. The maximum absolute atomic E-state index is 10.5. The Morgan fingerprint density at radius 1 is 1.80 bits per heavy atom. The van der Waals surface area contributed by atoms with Crippen molar-refractivity contribution in [2.45, 2.75) is 5.25 Å². The van der Waals surface area contributed by atoms with Crippen LogP contribution in [0.15, 0.2) is 0 Å². The Hall–Kier alpha value is -0.220. The third kappa shape index (κ3) is 1.88. The summed E-state index contributed by atoms with van der Waals surface area (Å²) in [5, 5.41) is 8.40. The van der Waals surface area contributed by atoms with Gasteiger partial charge in [-0.25, -0.2) is 0 Å². The van der Waals surface area contributed by atoms with Crippen LogP contribution in [0.25, 0.3) is 0 Å². The number of aliphatic carboxylic acids is 1. The summed E-state index contributed by atoms with van der Waals surface area (Å²) in [5.41, 5.74) is 0. The summed E-state index contributed by atoms with van der Waals surface area (Å²) in [6.45, 7) is 1.69. The Balaban J connectivity index is 2.39. The Morgan fingerprint density at radius 3 is 2.90 bits per heavy atom. The molecule has 0 bridgehead atoms. The van der Waals surface area contributed by atoms with Gasteiger partial charge in [-0.3, -0.25) is 4.79 Å². The van der Waals surface area contributed by atoms with Crippen LogP contribution in [0, 0.1) is 0 Å². The first kappa shape index (κ1) is 7.88. The van der Waals surface area contributed by atoms with Gasteiger partial charge in [-0.2, -0.15) is 0 Å². The van der Waals surface area contributed by atoms with Gasteiger partial charge in [-0.05, 0) is 7.05 Å². The van der Waals surface area contributed by atoms with Gasteiger partial charge in [0.25, 0.3) is 0 Å². The molecule has 10 heavy (non-hydrogen) atoms. The predicted octanol–water partition coefficient (Wildman–Crippen LogP) is 0.118. The molecule has 0 aromatic carbocycles. The highest BCUT2D eigenvalue weighted by atomic mass is 32.2. The lowest BCUT2D eigenvalue weighted by atomic mass is 10.4. The summed E-state index contributed by atoms with van der Waals surface area (Å²) in [5.74, 6) is 0.254. The molecule has 1 fully saturated rings. The van der Waals surface area contributed by atoms with Crippen LogP contribution in [-0.2, 0) is 4.79 Å². The van der Waals surface area contributed by atoms with Crippen molar-refractivity contribution in [3.05, 3.63) is 0 Å². The van der Waals surface area contributed by atoms with Crippen molar-refractivity contribution in [2.24, 2.45) is 0 Å². The molecule has 1 aliphatic rings. The number of nitrogens with zero attached hydrogens (tertiary/aromatic N) is 1. The van der Waals surface area contributed by atoms with E-state index in [1.54, 1.807) is 0 Å². The van der Waals surface area contributed by atoms with E-state index in [0.29, 0.717) is 6.54 Å². The van der Waals surface area contributed by atoms with Gasteiger partial charge in [0, 0.05) is 18.8 Å². The highest BCUT2D eigenvalue weighted by Gasteiger charge is 2.23. The summed E-state index contributed by atoms with van der Waals surface area (Å²) in [6, 6.07) is 0. The van der Waals surface area contributed by atoms with Gasteiger partial charge in [0.2, 0.25) is 0 Å². The lowest BCUT2D eigenvalue weighted by Gasteiger charge is -2.26. The number of rotatable bonds is 1. The molecule has 1 heterocycles. The Kier molecular flexibility index (Phi) is 2.56. The van der Waals surface area contributed by atoms with Crippen LogP contribution in [0.2, 0.25) is 0 Å². The normalized spacial score (nSPS) is 28.3. The Labute approximate surface area is 64.4 Å². The molecule has 1 saturated heterocycles. The van der Waals surface area contributed by atoms with Crippen molar-refractivity contribution >= 4 is 17.7 Å². The predicted molar refractivity (Wildman–Crippen MR) is 41.4 cm³/mol. The molecule has 1 N–H and O–H groups in total. The highest BCUT2D eigenvalue weighted by Crippen LogP contribution is 2.16. The average molecular weight is 161 g/mol. The SMILES string of the molecule is CN1CCS[C@@H](C(=O)O)C1. The second-order valence-electron chi connectivity index (χ2n) is 2.46. The molecule has 0 radical (unpaired) electrons. The summed E-state index contributed by atoms with van der Waals surface area (Å²) in [7, 11) is 1.95. The fourth-order valence-corrected chi connectivity index (χ4v) is 2.13. The maximum Gasteiger partial charge on any atom is 0.317 e. The van der Waals surface area contributed by atoms with Crippen LogP contribution in [0.3, 0.4) is 0 Å². The van der Waals surface area contributed by atoms with Crippen molar-refractivity contribution in [3.63, 3.8) is 0 Å².